The summed E-state index contributed by atoms with van der Waals surface area (Å²) in [7, 11) is 3.16. The third kappa shape index (κ3) is 2.15. The first-order valence-electron chi connectivity index (χ1n) is 4.45. The molecule has 0 aliphatic rings. The first kappa shape index (κ1) is 11.7. The van der Waals surface area contributed by atoms with Gasteiger partial charge in [-0.1, -0.05) is 12.1 Å². The first-order valence-corrected chi connectivity index (χ1v) is 4.45. The van der Waals surface area contributed by atoms with Gasteiger partial charge in [0.1, 0.15) is 0 Å². The fourth-order valence-corrected chi connectivity index (χ4v) is 1.38. The minimum Gasteiger partial charge on any atom is -0.384 e. The van der Waals surface area contributed by atoms with Crippen LogP contribution in [0.5, 0.6) is 0 Å². The zero-order valence-corrected chi connectivity index (χ0v) is 8.67. The van der Waals surface area contributed by atoms with Gasteiger partial charge in [-0.3, -0.25) is 0 Å². The van der Waals surface area contributed by atoms with Gasteiger partial charge in [0.25, 0.3) is 0 Å². The van der Waals surface area contributed by atoms with E-state index in [2.05, 4.69) is 6.58 Å². The van der Waals surface area contributed by atoms with E-state index in [0.717, 1.165) is 6.07 Å². The molecular formula is C11H13F2NO. The average Bonchev–Trinajstić information content (AvgIpc) is 2.20. The number of aliphatic hydroxyl groups is 1. The SMILES string of the molecule is C=CC(O)c1ccc(F)c(F)c1N(C)C. The van der Waals surface area contributed by atoms with Gasteiger partial charge in [-0.05, 0) is 6.07 Å². The molecule has 0 saturated carbocycles. The molecule has 15 heavy (non-hydrogen) atoms. The van der Waals surface area contributed by atoms with E-state index in [1.165, 1.54) is 17.0 Å². The van der Waals surface area contributed by atoms with E-state index in [4.69, 9.17) is 0 Å². The highest BCUT2D eigenvalue weighted by Gasteiger charge is 2.18. The van der Waals surface area contributed by atoms with Crippen molar-refractivity contribution in [3.8, 4) is 0 Å². The highest BCUT2D eigenvalue weighted by molar-refractivity contribution is 5.55. The molecule has 0 aromatic heterocycles. The van der Waals surface area contributed by atoms with Crippen LogP contribution in [0.1, 0.15) is 11.7 Å². The number of hydrogen-bond donors (Lipinski definition) is 1. The Kier molecular flexibility index (Phi) is 3.42. The molecule has 2 nitrogen and oxygen atoms in total. The van der Waals surface area contributed by atoms with Crippen LogP contribution in [0.25, 0.3) is 0 Å². The van der Waals surface area contributed by atoms with Crippen molar-refractivity contribution in [2.24, 2.45) is 0 Å². The van der Waals surface area contributed by atoms with Crippen molar-refractivity contribution >= 4 is 5.69 Å². The molecule has 0 aliphatic heterocycles. The Balaban J connectivity index is 3.39. The molecule has 1 rings (SSSR count). The number of anilines is 1. The highest BCUT2D eigenvalue weighted by atomic mass is 19.2. The van der Waals surface area contributed by atoms with Crippen LogP contribution in [-0.4, -0.2) is 19.2 Å². The smallest absolute Gasteiger partial charge is 0.182 e. The zero-order chi connectivity index (χ0) is 11.6. The van der Waals surface area contributed by atoms with Gasteiger partial charge < -0.3 is 10.0 Å². The summed E-state index contributed by atoms with van der Waals surface area (Å²) in [5.41, 5.74) is 0.344. The molecule has 1 aromatic carbocycles. The molecule has 4 heteroatoms. The second-order valence-electron chi connectivity index (χ2n) is 3.37. The van der Waals surface area contributed by atoms with Gasteiger partial charge in [-0.2, -0.15) is 0 Å². The monoisotopic (exact) mass is 213 g/mol. The van der Waals surface area contributed by atoms with Gasteiger partial charge >= 0.3 is 0 Å². The maximum absolute atomic E-state index is 13.4. The molecule has 0 heterocycles. The fraction of sp³-hybridized carbons (Fsp3) is 0.273. The number of rotatable bonds is 3. The molecular weight excluding hydrogens is 200 g/mol. The summed E-state index contributed by atoms with van der Waals surface area (Å²) in [6.45, 7) is 3.40. The largest absolute Gasteiger partial charge is 0.384 e. The summed E-state index contributed by atoms with van der Waals surface area (Å²) in [4.78, 5) is 1.42. The predicted octanol–water partition coefficient (Wildman–Crippen LogP) is 2.25. The molecule has 0 radical (unpaired) electrons. The summed E-state index contributed by atoms with van der Waals surface area (Å²) in [5.74, 6) is -1.89. The fourth-order valence-electron chi connectivity index (χ4n) is 1.38. The third-order valence-electron chi connectivity index (χ3n) is 2.09. The zero-order valence-electron chi connectivity index (χ0n) is 8.67. The molecule has 0 spiro atoms. The van der Waals surface area contributed by atoms with Crippen molar-refractivity contribution in [2.45, 2.75) is 6.10 Å². The molecule has 0 saturated heterocycles. The topological polar surface area (TPSA) is 23.5 Å². The van der Waals surface area contributed by atoms with E-state index in [-0.39, 0.29) is 5.69 Å². The molecule has 0 amide bonds. The van der Waals surface area contributed by atoms with Gasteiger partial charge in [0.15, 0.2) is 11.6 Å². The number of hydrogen-bond acceptors (Lipinski definition) is 2. The molecule has 0 aliphatic carbocycles. The summed E-state index contributed by atoms with van der Waals surface area (Å²) in [6, 6.07) is 2.34. The van der Waals surface area contributed by atoms with Gasteiger partial charge in [-0.25, -0.2) is 8.78 Å². The standard InChI is InChI=1S/C11H13F2NO/c1-4-9(15)7-5-6-8(12)10(13)11(7)14(2)3/h4-6,9,15H,1H2,2-3H3. The summed E-state index contributed by atoms with van der Waals surface area (Å²) in [6.07, 6.45) is 0.261. The molecule has 0 fully saturated rings. The maximum atomic E-state index is 13.4. The Morgan fingerprint density at radius 1 is 1.40 bits per heavy atom. The third-order valence-corrected chi connectivity index (χ3v) is 2.09. The minimum absolute atomic E-state index is 0.0439. The van der Waals surface area contributed by atoms with Crippen LogP contribution in [0.15, 0.2) is 24.8 Å². The van der Waals surface area contributed by atoms with E-state index in [1.54, 1.807) is 14.1 Å². The molecule has 0 bridgehead atoms. The quantitative estimate of drug-likeness (QED) is 0.778. The molecule has 1 N–H and O–H groups in total. The van der Waals surface area contributed by atoms with Crippen molar-refractivity contribution in [3.05, 3.63) is 42.0 Å². The summed E-state index contributed by atoms with van der Waals surface area (Å²) in [5, 5.41) is 9.54. The van der Waals surface area contributed by atoms with Crippen LogP contribution in [0.2, 0.25) is 0 Å². The number of halogens is 2. The van der Waals surface area contributed by atoms with E-state index >= 15 is 0 Å². The lowest BCUT2D eigenvalue weighted by molar-refractivity contribution is 0.228. The summed E-state index contributed by atoms with van der Waals surface area (Å²) < 4.78 is 26.4. The van der Waals surface area contributed by atoms with E-state index in [1.807, 2.05) is 0 Å². The molecule has 1 unspecified atom stereocenters. The van der Waals surface area contributed by atoms with E-state index < -0.39 is 17.7 Å². The van der Waals surface area contributed by atoms with Crippen LogP contribution in [0, 0.1) is 11.6 Å². The second kappa shape index (κ2) is 4.40. The lowest BCUT2D eigenvalue weighted by atomic mass is 10.1. The van der Waals surface area contributed by atoms with Gasteiger partial charge in [0.05, 0.1) is 11.8 Å². The lowest BCUT2D eigenvalue weighted by Gasteiger charge is -2.20. The molecule has 1 aromatic rings. The average molecular weight is 213 g/mol. The lowest BCUT2D eigenvalue weighted by Crippen LogP contribution is -2.15. The Bertz CT molecular complexity index is 377. The minimum atomic E-state index is -1.00. The van der Waals surface area contributed by atoms with Gasteiger partial charge in [0, 0.05) is 19.7 Å². The van der Waals surface area contributed by atoms with Gasteiger partial charge in [0.2, 0.25) is 0 Å². The number of aliphatic hydroxyl groups excluding tert-OH is 1. The van der Waals surface area contributed by atoms with Crippen molar-refractivity contribution in [2.75, 3.05) is 19.0 Å². The van der Waals surface area contributed by atoms with Crippen LogP contribution in [-0.2, 0) is 0 Å². The van der Waals surface area contributed by atoms with Crippen molar-refractivity contribution < 1.29 is 13.9 Å². The molecule has 1 atom stereocenters. The Hall–Kier alpha value is -1.42. The van der Waals surface area contributed by atoms with Crippen molar-refractivity contribution in [1.29, 1.82) is 0 Å². The van der Waals surface area contributed by atoms with Crippen LogP contribution < -0.4 is 4.90 Å². The summed E-state index contributed by atoms with van der Waals surface area (Å²) >= 11 is 0. The highest BCUT2D eigenvalue weighted by Crippen LogP contribution is 2.30. The normalized spacial score (nSPS) is 12.3. The number of nitrogens with zero attached hydrogens (tertiary/aromatic N) is 1. The van der Waals surface area contributed by atoms with E-state index in [0.29, 0.717) is 5.56 Å². The van der Waals surface area contributed by atoms with Crippen molar-refractivity contribution in [3.63, 3.8) is 0 Å². The van der Waals surface area contributed by atoms with Crippen molar-refractivity contribution in [1.82, 2.24) is 0 Å². The Morgan fingerprint density at radius 2 is 2.00 bits per heavy atom. The van der Waals surface area contributed by atoms with E-state index in [9.17, 15) is 13.9 Å². The van der Waals surface area contributed by atoms with Crippen LogP contribution in [0.3, 0.4) is 0 Å². The predicted molar refractivity (Wildman–Crippen MR) is 55.8 cm³/mol. The maximum Gasteiger partial charge on any atom is 0.182 e. The Morgan fingerprint density at radius 3 is 2.47 bits per heavy atom. The van der Waals surface area contributed by atoms with Crippen LogP contribution in [0.4, 0.5) is 14.5 Å². The second-order valence-corrected chi connectivity index (χ2v) is 3.37. The number of benzene rings is 1. The van der Waals surface area contributed by atoms with Gasteiger partial charge in [-0.15, -0.1) is 6.58 Å². The Labute approximate surface area is 87.5 Å². The molecule has 82 valence electrons. The first-order chi connectivity index (χ1) is 6.99. The van der Waals surface area contributed by atoms with Crippen LogP contribution >= 0.6 is 0 Å².